The Morgan fingerprint density at radius 1 is 1.10 bits per heavy atom. The highest BCUT2D eigenvalue weighted by Crippen LogP contribution is 2.30. The third-order valence-corrected chi connectivity index (χ3v) is 3.56. The quantitative estimate of drug-likeness (QED) is 0.569. The van der Waals surface area contributed by atoms with Gasteiger partial charge in [0.25, 0.3) is 0 Å². The minimum absolute atomic E-state index is 0.168. The first-order chi connectivity index (χ1) is 10.3. The van der Waals surface area contributed by atoms with Crippen molar-refractivity contribution in [2.45, 2.75) is 6.04 Å². The van der Waals surface area contributed by atoms with Crippen LogP contribution in [0.2, 0.25) is 0 Å². The van der Waals surface area contributed by atoms with Gasteiger partial charge in [-0.1, -0.05) is 36.4 Å². The SMILES string of the molecule is COc1ccccc1C(NN)c1cnc2ccccc2c1. The lowest BCUT2D eigenvalue weighted by Crippen LogP contribution is -2.29. The second-order valence-corrected chi connectivity index (χ2v) is 4.80. The van der Waals surface area contributed by atoms with E-state index in [2.05, 4.69) is 16.5 Å². The van der Waals surface area contributed by atoms with Crippen LogP contribution in [0.1, 0.15) is 17.2 Å². The molecule has 3 rings (SSSR count). The molecular formula is C17H17N3O. The predicted octanol–water partition coefficient (Wildman–Crippen LogP) is 2.80. The van der Waals surface area contributed by atoms with Gasteiger partial charge in [-0.3, -0.25) is 10.8 Å². The van der Waals surface area contributed by atoms with Crippen LogP contribution in [0.5, 0.6) is 5.75 Å². The average molecular weight is 279 g/mol. The Kier molecular flexibility index (Phi) is 3.81. The van der Waals surface area contributed by atoms with Gasteiger partial charge in [-0.05, 0) is 23.8 Å². The number of benzene rings is 2. The van der Waals surface area contributed by atoms with Crippen LogP contribution in [0.25, 0.3) is 10.9 Å². The fraction of sp³-hybridized carbons (Fsp3) is 0.118. The molecule has 0 bridgehead atoms. The van der Waals surface area contributed by atoms with Crippen molar-refractivity contribution < 1.29 is 4.74 Å². The molecule has 0 saturated carbocycles. The molecule has 4 nitrogen and oxygen atoms in total. The lowest BCUT2D eigenvalue weighted by molar-refractivity contribution is 0.404. The highest BCUT2D eigenvalue weighted by Gasteiger charge is 2.17. The van der Waals surface area contributed by atoms with Gasteiger partial charge in [0.05, 0.1) is 18.7 Å². The summed E-state index contributed by atoms with van der Waals surface area (Å²) in [6.45, 7) is 0. The minimum Gasteiger partial charge on any atom is -0.496 e. The fourth-order valence-corrected chi connectivity index (χ4v) is 2.52. The number of aromatic nitrogens is 1. The van der Waals surface area contributed by atoms with E-state index in [9.17, 15) is 0 Å². The summed E-state index contributed by atoms with van der Waals surface area (Å²) in [5, 5.41) is 1.09. The highest BCUT2D eigenvalue weighted by molar-refractivity contribution is 5.79. The summed E-state index contributed by atoms with van der Waals surface area (Å²) in [4.78, 5) is 4.49. The van der Waals surface area contributed by atoms with Gasteiger partial charge in [0.2, 0.25) is 0 Å². The molecule has 1 heterocycles. The van der Waals surface area contributed by atoms with Crippen molar-refractivity contribution in [3.63, 3.8) is 0 Å². The lowest BCUT2D eigenvalue weighted by Gasteiger charge is -2.19. The molecule has 0 spiro atoms. The number of rotatable bonds is 4. The number of nitrogens with zero attached hydrogens (tertiary/aromatic N) is 1. The van der Waals surface area contributed by atoms with Crippen LogP contribution in [-0.4, -0.2) is 12.1 Å². The van der Waals surface area contributed by atoms with Crippen LogP contribution in [0.3, 0.4) is 0 Å². The van der Waals surface area contributed by atoms with Gasteiger partial charge in [-0.15, -0.1) is 0 Å². The zero-order valence-corrected chi connectivity index (χ0v) is 11.8. The van der Waals surface area contributed by atoms with Gasteiger partial charge in [0, 0.05) is 17.1 Å². The minimum atomic E-state index is -0.168. The second-order valence-electron chi connectivity index (χ2n) is 4.80. The van der Waals surface area contributed by atoms with Crippen LogP contribution in [0, 0.1) is 0 Å². The maximum atomic E-state index is 5.77. The smallest absolute Gasteiger partial charge is 0.124 e. The molecule has 4 heteroatoms. The summed E-state index contributed by atoms with van der Waals surface area (Å²) in [7, 11) is 1.66. The monoisotopic (exact) mass is 279 g/mol. The van der Waals surface area contributed by atoms with Crippen molar-refractivity contribution >= 4 is 10.9 Å². The Bertz CT molecular complexity index is 758. The van der Waals surface area contributed by atoms with Gasteiger partial charge < -0.3 is 4.74 Å². The van der Waals surface area contributed by atoms with E-state index < -0.39 is 0 Å². The molecule has 0 aliphatic carbocycles. The van der Waals surface area contributed by atoms with Crippen molar-refractivity contribution in [1.29, 1.82) is 0 Å². The Morgan fingerprint density at radius 2 is 1.86 bits per heavy atom. The van der Waals surface area contributed by atoms with E-state index >= 15 is 0 Å². The topological polar surface area (TPSA) is 60.2 Å². The van der Waals surface area contributed by atoms with Crippen LogP contribution in [-0.2, 0) is 0 Å². The lowest BCUT2D eigenvalue weighted by atomic mass is 9.98. The van der Waals surface area contributed by atoms with Gasteiger partial charge in [-0.2, -0.15) is 0 Å². The van der Waals surface area contributed by atoms with Gasteiger partial charge >= 0.3 is 0 Å². The second kappa shape index (κ2) is 5.91. The first-order valence-corrected chi connectivity index (χ1v) is 6.77. The predicted molar refractivity (Wildman–Crippen MR) is 83.9 cm³/mol. The average Bonchev–Trinajstić information content (AvgIpc) is 2.56. The Labute approximate surface area is 123 Å². The van der Waals surface area contributed by atoms with Crippen molar-refractivity contribution in [1.82, 2.24) is 10.4 Å². The zero-order chi connectivity index (χ0) is 14.7. The first-order valence-electron chi connectivity index (χ1n) is 6.77. The summed E-state index contributed by atoms with van der Waals surface area (Å²) in [6, 6.07) is 17.8. The van der Waals surface area contributed by atoms with E-state index in [4.69, 9.17) is 10.6 Å². The van der Waals surface area contributed by atoms with Gasteiger partial charge in [0.15, 0.2) is 0 Å². The number of para-hydroxylation sites is 2. The third kappa shape index (κ3) is 2.59. The van der Waals surface area contributed by atoms with E-state index in [1.54, 1.807) is 7.11 Å². The highest BCUT2D eigenvalue weighted by atomic mass is 16.5. The van der Waals surface area contributed by atoms with E-state index in [0.717, 1.165) is 27.8 Å². The van der Waals surface area contributed by atoms with E-state index in [1.807, 2.05) is 54.7 Å². The van der Waals surface area contributed by atoms with Crippen LogP contribution in [0.15, 0.2) is 60.8 Å². The van der Waals surface area contributed by atoms with Crippen LogP contribution >= 0.6 is 0 Å². The summed E-state index contributed by atoms with van der Waals surface area (Å²) >= 11 is 0. The molecule has 3 N–H and O–H groups in total. The largest absolute Gasteiger partial charge is 0.496 e. The van der Waals surface area contributed by atoms with Crippen molar-refractivity contribution in [3.05, 3.63) is 71.9 Å². The Balaban J connectivity index is 2.09. The molecule has 0 amide bonds. The molecule has 0 fully saturated rings. The molecule has 3 aromatic rings. The number of hydrazine groups is 1. The number of hydrogen-bond donors (Lipinski definition) is 2. The molecule has 1 atom stereocenters. The first kappa shape index (κ1) is 13.5. The number of fused-ring (bicyclic) bond motifs is 1. The molecule has 1 unspecified atom stereocenters. The number of nitrogens with two attached hydrogens (primary N) is 1. The number of methoxy groups -OCH3 is 1. The summed E-state index contributed by atoms with van der Waals surface area (Å²) < 4.78 is 5.42. The molecule has 2 aromatic carbocycles. The molecular weight excluding hydrogens is 262 g/mol. The number of hydrogen-bond acceptors (Lipinski definition) is 4. The van der Waals surface area contributed by atoms with E-state index in [0.29, 0.717) is 0 Å². The molecule has 106 valence electrons. The number of pyridine rings is 1. The van der Waals surface area contributed by atoms with Crippen LogP contribution < -0.4 is 16.0 Å². The van der Waals surface area contributed by atoms with E-state index in [1.165, 1.54) is 0 Å². The molecule has 1 aromatic heterocycles. The summed E-state index contributed by atoms with van der Waals surface area (Å²) in [5.74, 6) is 6.57. The number of ether oxygens (including phenoxy) is 1. The van der Waals surface area contributed by atoms with Crippen molar-refractivity contribution in [3.8, 4) is 5.75 Å². The maximum Gasteiger partial charge on any atom is 0.124 e. The standard InChI is InChI=1S/C17H17N3O/c1-21-16-9-5-3-7-14(16)17(20-18)13-10-12-6-2-4-8-15(12)19-11-13/h2-11,17,20H,18H2,1H3. The molecule has 21 heavy (non-hydrogen) atoms. The summed E-state index contributed by atoms with van der Waals surface area (Å²) in [5.41, 5.74) is 5.81. The van der Waals surface area contributed by atoms with Gasteiger partial charge in [-0.25, -0.2) is 5.43 Å². The van der Waals surface area contributed by atoms with Gasteiger partial charge in [0.1, 0.15) is 5.75 Å². The van der Waals surface area contributed by atoms with Crippen LogP contribution in [0.4, 0.5) is 0 Å². The third-order valence-electron chi connectivity index (χ3n) is 3.56. The van der Waals surface area contributed by atoms with Crippen molar-refractivity contribution in [2.24, 2.45) is 5.84 Å². The normalized spacial score (nSPS) is 12.3. The zero-order valence-electron chi connectivity index (χ0n) is 11.8. The van der Waals surface area contributed by atoms with E-state index in [-0.39, 0.29) is 6.04 Å². The van der Waals surface area contributed by atoms with Crippen molar-refractivity contribution in [2.75, 3.05) is 7.11 Å². The summed E-state index contributed by atoms with van der Waals surface area (Å²) in [6.07, 6.45) is 1.85. The maximum absolute atomic E-state index is 5.77. The Morgan fingerprint density at radius 3 is 2.67 bits per heavy atom. The molecule has 0 saturated heterocycles. The number of nitrogens with one attached hydrogen (secondary N) is 1. The molecule has 0 aliphatic rings. The molecule has 0 radical (unpaired) electrons. The Hall–Kier alpha value is -2.43. The molecule has 0 aliphatic heterocycles. The fourth-order valence-electron chi connectivity index (χ4n) is 2.52.